The first-order valence-electron chi connectivity index (χ1n) is 2.47. The highest BCUT2D eigenvalue weighted by Gasteiger charge is 2.27. The number of carbonyl (C=O) groups is 1. The summed E-state index contributed by atoms with van der Waals surface area (Å²) in [6.45, 7) is 0.594. The minimum absolute atomic E-state index is 0.243. The van der Waals surface area contributed by atoms with Gasteiger partial charge in [0.05, 0.1) is 6.17 Å². The van der Waals surface area contributed by atoms with Crippen LogP contribution in [0.15, 0.2) is 0 Å². The van der Waals surface area contributed by atoms with Crippen molar-refractivity contribution in [2.75, 3.05) is 6.54 Å². The lowest BCUT2D eigenvalue weighted by Gasteiger charge is -2.35. The fourth-order valence-electron chi connectivity index (χ4n) is 0.645. The molecule has 1 unspecified atom stereocenters. The average Bonchev–Trinajstić information content (AvgIpc) is 1.61. The predicted molar refractivity (Wildman–Crippen MR) is 27.3 cm³/mol. The van der Waals surface area contributed by atoms with E-state index in [9.17, 15) is 4.79 Å². The van der Waals surface area contributed by atoms with E-state index in [2.05, 4.69) is 0 Å². The standard InChI is InChI=1S/C4H8N2O2/c5-3-1-2-6(3)4(7)8/h3H,1-2,5H2,(H,7,8). The second kappa shape index (κ2) is 1.63. The van der Waals surface area contributed by atoms with Gasteiger partial charge in [-0.15, -0.1) is 0 Å². The van der Waals surface area contributed by atoms with E-state index < -0.39 is 6.09 Å². The third kappa shape index (κ3) is 0.626. The van der Waals surface area contributed by atoms with E-state index in [1.165, 1.54) is 4.90 Å². The molecule has 0 spiro atoms. The molecule has 1 amide bonds. The number of nitrogens with two attached hydrogens (primary N) is 1. The molecular formula is C4H8N2O2. The van der Waals surface area contributed by atoms with E-state index >= 15 is 0 Å². The normalized spacial score (nSPS) is 27.1. The molecule has 1 saturated heterocycles. The Balaban J connectivity index is 2.37. The molecule has 0 saturated carbocycles. The molecule has 8 heavy (non-hydrogen) atoms. The Hall–Kier alpha value is -0.770. The van der Waals surface area contributed by atoms with Gasteiger partial charge in [0.15, 0.2) is 0 Å². The minimum atomic E-state index is -0.913. The van der Waals surface area contributed by atoms with Crippen molar-refractivity contribution in [2.24, 2.45) is 5.73 Å². The fourth-order valence-corrected chi connectivity index (χ4v) is 0.645. The van der Waals surface area contributed by atoms with Crippen LogP contribution in [0.4, 0.5) is 4.79 Å². The van der Waals surface area contributed by atoms with Gasteiger partial charge < -0.3 is 10.8 Å². The molecule has 0 aromatic rings. The summed E-state index contributed by atoms with van der Waals surface area (Å²) in [4.78, 5) is 11.2. The molecule has 0 aliphatic carbocycles. The van der Waals surface area contributed by atoms with Crippen LogP contribution in [-0.2, 0) is 0 Å². The van der Waals surface area contributed by atoms with E-state index in [1.54, 1.807) is 0 Å². The third-order valence-corrected chi connectivity index (χ3v) is 1.31. The van der Waals surface area contributed by atoms with Crippen LogP contribution in [0.1, 0.15) is 6.42 Å². The van der Waals surface area contributed by atoms with Crippen molar-refractivity contribution in [3.63, 3.8) is 0 Å². The van der Waals surface area contributed by atoms with Crippen LogP contribution in [0.3, 0.4) is 0 Å². The molecule has 1 rings (SSSR count). The lowest BCUT2D eigenvalue weighted by molar-refractivity contribution is 0.0785. The van der Waals surface area contributed by atoms with Gasteiger partial charge in [-0.3, -0.25) is 4.90 Å². The van der Waals surface area contributed by atoms with E-state index in [0.717, 1.165) is 6.42 Å². The van der Waals surface area contributed by atoms with Gasteiger partial charge in [0.2, 0.25) is 0 Å². The van der Waals surface area contributed by atoms with Crippen LogP contribution in [0.25, 0.3) is 0 Å². The van der Waals surface area contributed by atoms with E-state index in [0.29, 0.717) is 6.54 Å². The summed E-state index contributed by atoms with van der Waals surface area (Å²) in [5.74, 6) is 0. The highest BCUT2D eigenvalue weighted by atomic mass is 16.4. The maximum atomic E-state index is 10.0. The summed E-state index contributed by atoms with van der Waals surface area (Å²) in [5.41, 5.74) is 5.27. The summed E-state index contributed by atoms with van der Waals surface area (Å²) in [5, 5.41) is 8.25. The molecule has 1 aliphatic heterocycles. The Kier molecular flexibility index (Phi) is 1.09. The molecule has 46 valence electrons. The molecule has 4 nitrogen and oxygen atoms in total. The van der Waals surface area contributed by atoms with Gasteiger partial charge >= 0.3 is 6.09 Å². The topological polar surface area (TPSA) is 66.6 Å². The van der Waals surface area contributed by atoms with Crippen molar-refractivity contribution < 1.29 is 9.90 Å². The van der Waals surface area contributed by atoms with Crippen molar-refractivity contribution in [3.05, 3.63) is 0 Å². The van der Waals surface area contributed by atoms with Crippen LogP contribution >= 0.6 is 0 Å². The Morgan fingerprint density at radius 2 is 2.50 bits per heavy atom. The average molecular weight is 116 g/mol. The number of amides is 1. The van der Waals surface area contributed by atoms with Gasteiger partial charge in [-0.1, -0.05) is 0 Å². The van der Waals surface area contributed by atoms with Gasteiger partial charge in [-0.05, 0) is 6.42 Å². The molecule has 4 heteroatoms. The summed E-state index contributed by atoms with van der Waals surface area (Å²) in [6, 6.07) is 0. The molecule has 1 fully saturated rings. The molecule has 3 N–H and O–H groups in total. The fraction of sp³-hybridized carbons (Fsp3) is 0.750. The Morgan fingerprint density at radius 1 is 1.88 bits per heavy atom. The van der Waals surface area contributed by atoms with Gasteiger partial charge in [0.1, 0.15) is 0 Å². The molecule has 0 aromatic heterocycles. The zero-order valence-electron chi connectivity index (χ0n) is 4.37. The number of rotatable bonds is 0. The molecule has 1 aliphatic rings. The van der Waals surface area contributed by atoms with Gasteiger partial charge in [0, 0.05) is 6.54 Å². The Morgan fingerprint density at radius 3 is 2.50 bits per heavy atom. The quantitative estimate of drug-likeness (QED) is 0.454. The minimum Gasteiger partial charge on any atom is -0.465 e. The lowest BCUT2D eigenvalue weighted by Crippen LogP contribution is -2.55. The number of hydrogen-bond acceptors (Lipinski definition) is 2. The Bertz CT molecular complexity index is 115. The van der Waals surface area contributed by atoms with Crippen LogP contribution < -0.4 is 5.73 Å². The third-order valence-electron chi connectivity index (χ3n) is 1.31. The second-order valence-electron chi connectivity index (χ2n) is 1.83. The van der Waals surface area contributed by atoms with Gasteiger partial charge in [0.25, 0.3) is 0 Å². The summed E-state index contributed by atoms with van der Waals surface area (Å²) >= 11 is 0. The molecule has 0 radical (unpaired) electrons. The maximum absolute atomic E-state index is 10.0. The largest absolute Gasteiger partial charge is 0.465 e. The van der Waals surface area contributed by atoms with E-state index in [-0.39, 0.29) is 6.17 Å². The number of likely N-dealkylation sites (tertiary alicyclic amines) is 1. The zero-order valence-corrected chi connectivity index (χ0v) is 4.37. The van der Waals surface area contributed by atoms with Crippen molar-refractivity contribution in [2.45, 2.75) is 12.6 Å². The second-order valence-corrected chi connectivity index (χ2v) is 1.83. The van der Waals surface area contributed by atoms with Crippen molar-refractivity contribution in [3.8, 4) is 0 Å². The van der Waals surface area contributed by atoms with Crippen LogP contribution in [0.2, 0.25) is 0 Å². The first-order chi connectivity index (χ1) is 3.72. The monoisotopic (exact) mass is 116 g/mol. The molecule has 1 heterocycles. The first kappa shape index (κ1) is 5.37. The molecule has 0 aromatic carbocycles. The van der Waals surface area contributed by atoms with Gasteiger partial charge in [-0.2, -0.15) is 0 Å². The predicted octanol–water partition coefficient (Wildman–Crippen LogP) is -0.345. The SMILES string of the molecule is NC1CCN1C(=O)O. The van der Waals surface area contributed by atoms with Crippen LogP contribution in [-0.4, -0.2) is 28.8 Å². The smallest absolute Gasteiger partial charge is 0.408 e. The zero-order chi connectivity index (χ0) is 6.15. The van der Waals surface area contributed by atoms with E-state index in [1.807, 2.05) is 0 Å². The van der Waals surface area contributed by atoms with Crippen LogP contribution in [0, 0.1) is 0 Å². The summed E-state index contributed by atoms with van der Waals surface area (Å²) in [7, 11) is 0. The number of hydrogen-bond donors (Lipinski definition) is 2. The highest BCUT2D eigenvalue weighted by molar-refractivity contribution is 5.66. The van der Waals surface area contributed by atoms with Crippen molar-refractivity contribution in [1.29, 1.82) is 0 Å². The van der Waals surface area contributed by atoms with Crippen LogP contribution in [0.5, 0.6) is 0 Å². The first-order valence-corrected chi connectivity index (χ1v) is 2.47. The highest BCUT2D eigenvalue weighted by Crippen LogP contribution is 2.10. The van der Waals surface area contributed by atoms with E-state index in [4.69, 9.17) is 10.8 Å². The summed E-state index contributed by atoms with van der Waals surface area (Å²) in [6.07, 6.45) is -0.358. The maximum Gasteiger partial charge on any atom is 0.408 e. The lowest BCUT2D eigenvalue weighted by atomic mass is 10.2. The van der Waals surface area contributed by atoms with Crippen molar-refractivity contribution >= 4 is 6.09 Å². The summed E-state index contributed by atoms with van der Waals surface area (Å²) < 4.78 is 0. The van der Waals surface area contributed by atoms with Crippen molar-refractivity contribution in [1.82, 2.24) is 4.90 Å². The number of nitrogens with zero attached hydrogens (tertiary/aromatic N) is 1. The molecule has 1 atom stereocenters. The molecular weight excluding hydrogens is 108 g/mol. The number of carboxylic acid groups (broad SMARTS) is 1. The van der Waals surface area contributed by atoms with Gasteiger partial charge in [-0.25, -0.2) is 4.79 Å². The molecule has 0 bridgehead atoms. The Labute approximate surface area is 46.9 Å².